The van der Waals surface area contributed by atoms with E-state index < -0.39 is 0 Å². The van der Waals surface area contributed by atoms with Crippen molar-refractivity contribution in [1.82, 2.24) is 5.32 Å². The molecule has 0 atom stereocenters. The lowest BCUT2D eigenvalue weighted by molar-refractivity contribution is -0.121. The first-order valence-corrected chi connectivity index (χ1v) is 5.33. The largest absolute Gasteiger partial charge is 0.396 e. The Bertz CT molecular complexity index is 161. The van der Waals surface area contributed by atoms with Crippen molar-refractivity contribution in [1.29, 1.82) is 0 Å². The molecule has 0 aliphatic heterocycles. The predicted octanol–water partition coefficient (Wildman–Crippen LogP) is 1.70. The average Bonchev–Trinajstić information content (AvgIpc) is 2.02. The Kier molecular flexibility index (Phi) is 6.54. The summed E-state index contributed by atoms with van der Waals surface area (Å²) < 4.78 is 0. The van der Waals surface area contributed by atoms with Crippen molar-refractivity contribution in [3.05, 3.63) is 0 Å². The van der Waals surface area contributed by atoms with E-state index in [9.17, 15) is 4.79 Å². The van der Waals surface area contributed by atoms with Gasteiger partial charge in [-0.2, -0.15) is 0 Å². The second-order valence-electron chi connectivity index (χ2n) is 4.84. The minimum atomic E-state index is 0.0997. The highest BCUT2D eigenvalue weighted by Gasteiger charge is 2.09. The summed E-state index contributed by atoms with van der Waals surface area (Å²) in [4.78, 5) is 11.2. The second-order valence-corrected chi connectivity index (χ2v) is 4.84. The third kappa shape index (κ3) is 9.52. The lowest BCUT2D eigenvalue weighted by atomic mass is 9.92. The Hall–Kier alpha value is -0.570. The number of hydrogen-bond donors (Lipinski definition) is 2. The van der Waals surface area contributed by atoms with E-state index in [2.05, 4.69) is 26.1 Å². The zero-order valence-corrected chi connectivity index (χ0v) is 9.60. The van der Waals surface area contributed by atoms with Gasteiger partial charge in [-0.05, 0) is 24.7 Å². The molecule has 0 rings (SSSR count). The Morgan fingerprint density at radius 1 is 1.29 bits per heavy atom. The summed E-state index contributed by atoms with van der Waals surface area (Å²) in [7, 11) is 0. The normalized spacial score (nSPS) is 11.4. The van der Waals surface area contributed by atoms with Gasteiger partial charge in [0.25, 0.3) is 0 Å². The molecule has 0 bridgehead atoms. The number of aliphatic hydroxyl groups excluding tert-OH is 1. The Morgan fingerprint density at radius 3 is 2.43 bits per heavy atom. The van der Waals surface area contributed by atoms with Crippen LogP contribution >= 0.6 is 0 Å². The van der Waals surface area contributed by atoms with Crippen molar-refractivity contribution in [2.24, 2.45) is 5.41 Å². The van der Waals surface area contributed by atoms with E-state index in [1.807, 2.05) is 0 Å². The summed E-state index contributed by atoms with van der Waals surface area (Å²) in [5, 5.41) is 11.4. The van der Waals surface area contributed by atoms with Crippen LogP contribution in [-0.4, -0.2) is 24.2 Å². The van der Waals surface area contributed by atoms with Crippen molar-refractivity contribution in [2.45, 2.75) is 46.5 Å². The van der Waals surface area contributed by atoms with Gasteiger partial charge in [0.05, 0.1) is 0 Å². The molecule has 0 aromatic heterocycles. The Labute approximate surface area is 86.9 Å². The van der Waals surface area contributed by atoms with Gasteiger partial charge >= 0.3 is 0 Å². The van der Waals surface area contributed by atoms with E-state index in [4.69, 9.17) is 5.11 Å². The minimum absolute atomic E-state index is 0.0997. The molecular weight excluding hydrogens is 178 g/mol. The molecule has 3 nitrogen and oxygen atoms in total. The van der Waals surface area contributed by atoms with E-state index in [0.717, 1.165) is 19.4 Å². The fourth-order valence-corrected chi connectivity index (χ4v) is 1.06. The van der Waals surface area contributed by atoms with Crippen molar-refractivity contribution < 1.29 is 9.90 Å². The number of carbonyl (C=O) groups is 1. The molecule has 84 valence electrons. The number of rotatable bonds is 6. The number of hydrogen-bond acceptors (Lipinski definition) is 2. The first-order chi connectivity index (χ1) is 6.45. The number of aliphatic hydroxyl groups is 1. The molecule has 1 amide bonds. The molecule has 0 aliphatic rings. The molecule has 0 saturated heterocycles. The van der Waals surface area contributed by atoms with Crippen LogP contribution in [0.5, 0.6) is 0 Å². The number of amides is 1. The number of unbranched alkanes of at least 4 members (excludes halogenated alkanes) is 1. The molecule has 0 unspecified atom stereocenters. The SMILES string of the molecule is CC(C)(C)CCNC(=O)CCCCO. The van der Waals surface area contributed by atoms with Crippen LogP contribution < -0.4 is 5.32 Å². The molecule has 0 heterocycles. The summed E-state index contributed by atoms with van der Waals surface area (Å²) in [5.74, 6) is 0.0997. The fourth-order valence-electron chi connectivity index (χ4n) is 1.06. The molecular formula is C11H23NO2. The maximum Gasteiger partial charge on any atom is 0.219 e. The van der Waals surface area contributed by atoms with Gasteiger partial charge in [0, 0.05) is 19.6 Å². The molecule has 0 radical (unpaired) electrons. The highest BCUT2D eigenvalue weighted by Crippen LogP contribution is 2.16. The summed E-state index contributed by atoms with van der Waals surface area (Å²) in [5.41, 5.74) is 0.276. The highest BCUT2D eigenvalue weighted by atomic mass is 16.2. The second kappa shape index (κ2) is 6.82. The van der Waals surface area contributed by atoms with Gasteiger partial charge in [-0.15, -0.1) is 0 Å². The van der Waals surface area contributed by atoms with E-state index in [0.29, 0.717) is 12.8 Å². The smallest absolute Gasteiger partial charge is 0.219 e. The molecule has 0 spiro atoms. The van der Waals surface area contributed by atoms with Crippen molar-refractivity contribution in [3.63, 3.8) is 0 Å². The quantitative estimate of drug-likeness (QED) is 0.643. The lowest BCUT2D eigenvalue weighted by Gasteiger charge is -2.17. The summed E-state index contributed by atoms with van der Waals surface area (Å²) >= 11 is 0. The summed E-state index contributed by atoms with van der Waals surface area (Å²) in [6, 6.07) is 0. The molecule has 0 aromatic rings. The van der Waals surface area contributed by atoms with Crippen LogP contribution in [0.15, 0.2) is 0 Å². The Morgan fingerprint density at radius 2 is 1.93 bits per heavy atom. The van der Waals surface area contributed by atoms with Crippen LogP contribution in [0, 0.1) is 5.41 Å². The highest BCUT2D eigenvalue weighted by molar-refractivity contribution is 5.75. The van der Waals surface area contributed by atoms with Crippen molar-refractivity contribution in [2.75, 3.05) is 13.2 Å². The maximum atomic E-state index is 11.2. The van der Waals surface area contributed by atoms with Crippen molar-refractivity contribution in [3.8, 4) is 0 Å². The van der Waals surface area contributed by atoms with Gasteiger partial charge < -0.3 is 10.4 Å². The van der Waals surface area contributed by atoms with Gasteiger partial charge in [0.2, 0.25) is 5.91 Å². The van der Waals surface area contributed by atoms with Crippen LogP contribution in [0.3, 0.4) is 0 Å². The van der Waals surface area contributed by atoms with E-state index >= 15 is 0 Å². The van der Waals surface area contributed by atoms with Gasteiger partial charge in [0.15, 0.2) is 0 Å². The van der Waals surface area contributed by atoms with Crippen LogP contribution in [0.1, 0.15) is 46.5 Å². The molecule has 0 saturated carbocycles. The fraction of sp³-hybridized carbons (Fsp3) is 0.909. The van der Waals surface area contributed by atoms with E-state index in [1.54, 1.807) is 0 Å². The summed E-state index contributed by atoms with van der Waals surface area (Å²) in [6.45, 7) is 7.40. The lowest BCUT2D eigenvalue weighted by Crippen LogP contribution is -2.26. The number of carbonyl (C=O) groups excluding carboxylic acids is 1. The zero-order chi connectivity index (χ0) is 11.0. The van der Waals surface area contributed by atoms with Gasteiger partial charge in [-0.25, -0.2) is 0 Å². The third-order valence-corrected chi connectivity index (χ3v) is 2.01. The van der Waals surface area contributed by atoms with Crippen LogP contribution in [-0.2, 0) is 4.79 Å². The topological polar surface area (TPSA) is 49.3 Å². The third-order valence-electron chi connectivity index (χ3n) is 2.01. The van der Waals surface area contributed by atoms with Crippen LogP contribution in [0.4, 0.5) is 0 Å². The molecule has 0 aliphatic carbocycles. The van der Waals surface area contributed by atoms with Crippen LogP contribution in [0.25, 0.3) is 0 Å². The minimum Gasteiger partial charge on any atom is -0.396 e. The zero-order valence-electron chi connectivity index (χ0n) is 9.60. The van der Waals surface area contributed by atoms with E-state index in [1.165, 1.54) is 0 Å². The first kappa shape index (κ1) is 13.4. The standard InChI is InChI=1S/C11H23NO2/c1-11(2,3)7-8-12-10(14)6-4-5-9-13/h13H,4-9H2,1-3H3,(H,12,14). The molecule has 3 heteroatoms. The van der Waals surface area contributed by atoms with Crippen molar-refractivity contribution >= 4 is 5.91 Å². The first-order valence-electron chi connectivity index (χ1n) is 5.33. The molecule has 0 fully saturated rings. The number of nitrogens with one attached hydrogen (secondary N) is 1. The average molecular weight is 201 g/mol. The van der Waals surface area contributed by atoms with E-state index in [-0.39, 0.29) is 17.9 Å². The predicted molar refractivity (Wildman–Crippen MR) is 58.0 cm³/mol. The molecule has 14 heavy (non-hydrogen) atoms. The molecule has 2 N–H and O–H groups in total. The maximum absolute atomic E-state index is 11.2. The summed E-state index contributed by atoms with van der Waals surface area (Å²) in [6.07, 6.45) is 3.02. The van der Waals surface area contributed by atoms with Gasteiger partial charge in [0.1, 0.15) is 0 Å². The Balaban J connectivity index is 3.36. The monoisotopic (exact) mass is 201 g/mol. The van der Waals surface area contributed by atoms with Gasteiger partial charge in [-0.1, -0.05) is 20.8 Å². The van der Waals surface area contributed by atoms with Gasteiger partial charge in [-0.3, -0.25) is 4.79 Å². The van der Waals surface area contributed by atoms with Crippen LogP contribution in [0.2, 0.25) is 0 Å². The molecule has 0 aromatic carbocycles.